The number of anilines is 1. The first kappa shape index (κ1) is 22.9. The van der Waals surface area contributed by atoms with Crippen LogP contribution in [0.15, 0.2) is 53.0 Å². The molecule has 0 bridgehead atoms. The summed E-state index contributed by atoms with van der Waals surface area (Å²) in [6.07, 6.45) is 0. The van der Waals surface area contributed by atoms with Gasteiger partial charge in [-0.05, 0) is 48.9 Å². The summed E-state index contributed by atoms with van der Waals surface area (Å²) < 4.78 is 25.6. The van der Waals surface area contributed by atoms with Crippen LogP contribution in [0.1, 0.15) is 27.0 Å². The number of aromatic carboxylic acids is 1. The lowest BCUT2D eigenvalue weighted by Crippen LogP contribution is -2.08. The Labute approximate surface area is 192 Å². The average Bonchev–Trinajstić information content (AvgIpc) is 2.73. The quantitative estimate of drug-likeness (QED) is 0.366. The van der Waals surface area contributed by atoms with Gasteiger partial charge in [-0.2, -0.15) is 0 Å². The second-order valence-corrected chi connectivity index (χ2v) is 8.03. The van der Waals surface area contributed by atoms with Crippen molar-refractivity contribution in [1.82, 2.24) is 0 Å². The minimum Gasteiger partial charge on any atom is -0.493 e. The van der Waals surface area contributed by atoms with Gasteiger partial charge in [-0.15, -0.1) is 0 Å². The van der Waals surface area contributed by atoms with Crippen molar-refractivity contribution < 1.29 is 23.8 Å². The predicted octanol–water partition coefficient (Wildman–Crippen LogP) is 6.45. The van der Waals surface area contributed by atoms with Crippen LogP contribution in [0.5, 0.6) is 11.5 Å². The molecule has 0 atom stereocenters. The van der Waals surface area contributed by atoms with E-state index < -0.39 is 11.8 Å². The van der Waals surface area contributed by atoms with Crippen molar-refractivity contribution in [2.75, 3.05) is 12.4 Å². The van der Waals surface area contributed by atoms with Gasteiger partial charge in [-0.1, -0.05) is 39.7 Å². The molecule has 0 aromatic heterocycles. The first-order chi connectivity index (χ1) is 14.8. The van der Waals surface area contributed by atoms with Gasteiger partial charge in [0, 0.05) is 27.8 Å². The molecule has 3 aromatic carbocycles. The number of carbonyl (C=O) groups is 1. The van der Waals surface area contributed by atoms with Gasteiger partial charge in [0.05, 0.1) is 17.7 Å². The zero-order valence-corrected chi connectivity index (χ0v) is 19.2. The number of nitrogens with one attached hydrogen (secondary N) is 1. The van der Waals surface area contributed by atoms with Crippen LogP contribution in [0.4, 0.5) is 10.1 Å². The Morgan fingerprint density at radius 3 is 2.65 bits per heavy atom. The molecule has 8 heteroatoms. The molecule has 0 aliphatic heterocycles. The van der Waals surface area contributed by atoms with Gasteiger partial charge < -0.3 is 19.9 Å². The maximum Gasteiger partial charge on any atom is 0.335 e. The zero-order chi connectivity index (χ0) is 22.5. The van der Waals surface area contributed by atoms with Crippen molar-refractivity contribution in [3.05, 3.63) is 86.1 Å². The van der Waals surface area contributed by atoms with Crippen LogP contribution >= 0.6 is 27.5 Å². The molecule has 0 fully saturated rings. The molecular weight excluding hydrogens is 489 g/mol. The fourth-order valence-electron chi connectivity index (χ4n) is 2.98. The van der Waals surface area contributed by atoms with Gasteiger partial charge in [0.2, 0.25) is 0 Å². The third-order valence-electron chi connectivity index (χ3n) is 4.71. The summed E-state index contributed by atoms with van der Waals surface area (Å²) in [5.74, 6) is -0.394. The van der Waals surface area contributed by atoms with Crippen LogP contribution in [-0.4, -0.2) is 18.2 Å². The normalized spacial score (nSPS) is 10.6. The molecular formula is C23H20BrClFNO4. The molecule has 162 valence electrons. The molecule has 0 saturated carbocycles. The molecule has 0 spiro atoms. The van der Waals surface area contributed by atoms with Crippen LogP contribution in [-0.2, 0) is 13.2 Å². The molecule has 5 nitrogen and oxygen atoms in total. The summed E-state index contributed by atoms with van der Waals surface area (Å²) in [6.45, 7) is 2.35. The molecule has 0 radical (unpaired) electrons. The Bertz CT molecular complexity index is 1120. The standard InChI is InChI=1S/C23H20BrClFNO4/c1-13-3-4-14(23(28)29)9-20(13)27-11-17-18(24)7-8-21(30-2)22(17)31-12-15-5-6-16(26)10-19(15)25/h3-10,27H,11-12H2,1-2H3,(H,28,29). The van der Waals surface area contributed by atoms with E-state index in [9.17, 15) is 14.3 Å². The minimum absolute atomic E-state index is 0.118. The Kier molecular flexibility index (Phi) is 7.41. The minimum atomic E-state index is -0.995. The summed E-state index contributed by atoms with van der Waals surface area (Å²) in [4.78, 5) is 11.3. The van der Waals surface area contributed by atoms with E-state index in [0.29, 0.717) is 29.3 Å². The lowest BCUT2D eigenvalue weighted by Gasteiger charge is -2.18. The lowest BCUT2D eigenvalue weighted by atomic mass is 10.1. The number of aryl methyl sites for hydroxylation is 1. The van der Waals surface area contributed by atoms with Crippen molar-refractivity contribution >= 4 is 39.2 Å². The maximum absolute atomic E-state index is 13.3. The van der Waals surface area contributed by atoms with Gasteiger partial charge in [-0.3, -0.25) is 0 Å². The van der Waals surface area contributed by atoms with E-state index in [-0.39, 0.29) is 17.2 Å². The molecule has 0 unspecified atom stereocenters. The highest BCUT2D eigenvalue weighted by molar-refractivity contribution is 9.10. The molecule has 0 aliphatic rings. The molecule has 3 rings (SSSR count). The van der Waals surface area contributed by atoms with Gasteiger partial charge >= 0.3 is 5.97 Å². The number of benzene rings is 3. The third-order valence-corrected chi connectivity index (χ3v) is 5.81. The van der Waals surface area contributed by atoms with Crippen molar-refractivity contribution in [3.63, 3.8) is 0 Å². The van der Waals surface area contributed by atoms with E-state index in [1.54, 1.807) is 37.4 Å². The average molecular weight is 509 g/mol. The van der Waals surface area contributed by atoms with Crippen LogP contribution in [0.3, 0.4) is 0 Å². The molecule has 0 amide bonds. The fraction of sp³-hybridized carbons (Fsp3) is 0.174. The van der Waals surface area contributed by atoms with Gasteiger partial charge in [0.15, 0.2) is 11.5 Å². The highest BCUT2D eigenvalue weighted by atomic mass is 79.9. The molecule has 2 N–H and O–H groups in total. The fourth-order valence-corrected chi connectivity index (χ4v) is 3.66. The van der Waals surface area contributed by atoms with Crippen molar-refractivity contribution in [1.29, 1.82) is 0 Å². The number of methoxy groups -OCH3 is 1. The topological polar surface area (TPSA) is 67.8 Å². The van der Waals surface area contributed by atoms with Crippen molar-refractivity contribution in [2.45, 2.75) is 20.1 Å². The number of carboxylic acid groups (broad SMARTS) is 1. The monoisotopic (exact) mass is 507 g/mol. The van der Waals surface area contributed by atoms with Crippen LogP contribution in [0.2, 0.25) is 5.02 Å². The Balaban J connectivity index is 1.88. The number of halogens is 3. The smallest absolute Gasteiger partial charge is 0.335 e. The van der Waals surface area contributed by atoms with E-state index in [4.69, 9.17) is 21.1 Å². The molecule has 0 heterocycles. The molecule has 0 saturated heterocycles. The van der Waals surface area contributed by atoms with Crippen LogP contribution in [0, 0.1) is 12.7 Å². The van der Waals surface area contributed by atoms with E-state index in [1.165, 1.54) is 12.1 Å². The first-order valence-corrected chi connectivity index (χ1v) is 10.5. The van der Waals surface area contributed by atoms with Crippen LogP contribution in [0.25, 0.3) is 0 Å². The van der Waals surface area contributed by atoms with E-state index in [1.807, 2.05) is 13.0 Å². The molecule has 0 aliphatic carbocycles. The Hall–Kier alpha value is -2.77. The second kappa shape index (κ2) is 10.0. The number of hydrogen-bond acceptors (Lipinski definition) is 4. The maximum atomic E-state index is 13.3. The number of rotatable bonds is 8. The summed E-state index contributed by atoms with van der Waals surface area (Å²) in [5.41, 5.74) is 3.21. The summed E-state index contributed by atoms with van der Waals surface area (Å²) in [6, 6.07) is 12.6. The highest BCUT2D eigenvalue weighted by Crippen LogP contribution is 2.38. The molecule has 3 aromatic rings. The number of hydrogen-bond donors (Lipinski definition) is 2. The second-order valence-electron chi connectivity index (χ2n) is 6.77. The Morgan fingerprint density at radius 1 is 1.19 bits per heavy atom. The van der Waals surface area contributed by atoms with Gasteiger partial charge in [0.1, 0.15) is 12.4 Å². The lowest BCUT2D eigenvalue weighted by molar-refractivity contribution is 0.0697. The number of carboxylic acids is 1. The predicted molar refractivity (Wildman–Crippen MR) is 122 cm³/mol. The summed E-state index contributed by atoms with van der Waals surface area (Å²) in [5, 5.41) is 12.8. The molecule has 31 heavy (non-hydrogen) atoms. The summed E-state index contributed by atoms with van der Waals surface area (Å²) in [7, 11) is 1.54. The largest absolute Gasteiger partial charge is 0.493 e. The van der Waals surface area contributed by atoms with Crippen molar-refractivity contribution in [2.24, 2.45) is 0 Å². The van der Waals surface area contributed by atoms with Crippen molar-refractivity contribution in [3.8, 4) is 11.5 Å². The van der Waals surface area contributed by atoms with E-state index in [2.05, 4.69) is 21.2 Å². The van der Waals surface area contributed by atoms with Crippen LogP contribution < -0.4 is 14.8 Å². The Morgan fingerprint density at radius 2 is 1.97 bits per heavy atom. The van der Waals surface area contributed by atoms with E-state index >= 15 is 0 Å². The third kappa shape index (κ3) is 5.48. The van der Waals surface area contributed by atoms with Gasteiger partial charge in [0.25, 0.3) is 0 Å². The SMILES string of the molecule is COc1ccc(Br)c(CNc2cc(C(=O)O)ccc2C)c1OCc1ccc(F)cc1Cl. The van der Waals surface area contributed by atoms with Gasteiger partial charge in [-0.25, -0.2) is 9.18 Å². The highest BCUT2D eigenvalue weighted by Gasteiger charge is 2.16. The summed E-state index contributed by atoms with van der Waals surface area (Å²) >= 11 is 9.66. The van der Waals surface area contributed by atoms with E-state index in [0.717, 1.165) is 15.6 Å². The number of ether oxygens (including phenoxy) is 2. The first-order valence-electron chi connectivity index (χ1n) is 9.30. The zero-order valence-electron chi connectivity index (χ0n) is 16.8.